The van der Waals surface area contributed by atoms with Gasteiger partial charge in [-0.2, -0.15) is 0 Å². The fourth-order valence-corrected chi connectivity index (χ4v) is 2.55. The molecule has 123 valence electrons. The normalized spacial score (nSPS) is 11.0. The number of nitrogens with one attached hydrogen (secondary N) is 1. The molecule has 24 heavy (non-hydrogen) atoms. The lowest BCUT2D eigenvalue weighted by atomic mass is 10.0. The number of furan rings is 1. The standard InChI is InChI=1S/C18H14F2NO3/c1-21-18(22)16-15-13(20)7-10(9-23-2)8-14(15)24-17(16)11-3-5-12(19)6-4-11/h3-6,8H,9H2,1-2H3,(H,21,22). The van der Waals surface area contributed by atoms with Crippen LogP contribution in [0.25, 0.3) is 22.3 Å². The smallest absolute Gasteiger partial charge is 0.255 e. The van der Waals surface area contributed by atoms with Crippen LogP contribution in [0.3, 0.4) is 0 Å². The minimum atomic E-state index is -0.699. The van der Waals surface area contributed by atoms with Gasteiger partial charge in [-0.05, 0) is 35.9 Å². The first-order valence-electron chi connectivity index (χ1n) is 7.19. The predicted molar refractivity (Wildman–Crippen MR) is 84.5 cm³/mol. The lowest BCUT2D eigenvalue weighted by molar-refractivity contribution is 0.0964. The second kappa shape index (κ2) is 6.41. The van der Waals surface area contributed by atoms with Gasteiger partial charge in [0.1, 0.15) is 23.0 Å². The summed E-state index contributed by atoms with van der Waals surface area (Å²) in [4.78, 5) is 12.3. The number of hydrogen-bond acceptors (Lipinski definition) is 3. The number of carbonyl (C=O) groups excluding carboxylic acids is 1. The Balaban J connectivity index is 2.29. The fraction of sp³-hybridized carbons (Fsp3) is 0.167. The average Bonchev–Trinajstić information content (AvgIpc) is 2.95. The minimum Gasteiger partial charge on any atom is -0.455 e. The third-order valence-corrected chi connectivity index (χ3v) is 3.59. The molecule has 0 unspecified atom stereocenters. The van der Waals surface area contributed by atoms with Crippen molar-refractivity contribution in [3.63, 3.8) is 0 Å². The van der Waals surface area contributed by atoms with E-state index in [1.54, 1.807) is 6.07 Å². The van der Waals surface area contributed by atoms with Crippen molar-refractivity contribution in [3.05, 3.63) is 59.2 Å². The molecule has 0 fully saturated rings. The van der Waals surface area contributed by atoms with Gasteiger partial charge in [0.05, 0.1) is 17.6 Å². The number of halogens is 2. The number of amides is 1. The van der Waals surface area contributed by atoms with Crippen LogP contribution >= 0.6 is 0 Å². The van der Waals surface area contributed by atoms with Gasteiger partial charge in [-0.15, -0.1) is 0 Å². The van der Waals surface area contributed by atoms with Gasteiger partial charge < -0.3 is 14.5 Å². The van der Waals surface area contributed by atoms with E-state index >= 15 is 0 Å². The van der Waals surface area contributed by atoms with Crippen molar-refractivity contribution in [2.24, 2.45) is 0 Å². The summed E-state index contributed by atoms with van der Waals surface area (Å²) < 4.78 is 38.3. The van der Waals surface area contributed by atoms with E-state index in [4.69, 9.17) is 9.15 Å². The Hall–Kier alpha value is -2.73. The van der Waals surface area contributed by atoms with Gasteiger partial charge in [-0.25, -0.2) is 8.78 Å². The highest BCUT2D eigenvalue weighted by molar-refractivity contribution is 6.11. The van der Waals surface area contributed by atoms with Crippen LogP contribution in [0.5, 0.6) is 0 Å². The number of methoxy groups -OCH3 is 1. The highest BCUT2D eigenvalue weighted by atomic mass is 19.1. The summed E-state index contributed by atoms with van der Waals surface area (Å²) in [6.07, 6.45) is 0. The summed E-state index contributed by atoms with van der Waals surface area (Å²) in [5.41, 5.74) is 1.19. The maximum absolute atomic E-state index is 14.5. The molecule has 3 rings (SSSR count). The van der Waals surface area contributed by atoms with E-state index in [9.17, 15) is 13.6 Å². The molecular weight excluding hydrogens is 316 g/mol. The van der Waals surface area contributed by atoms with E-state index in [1.807, 2.05) is 0 Å². The van der Waals surface area contributed by atoms with E-state index in [0.29, 0.717) is 11.1 Å². The van der Waals surface area contributed by atoms with Crippen LogP contribution in [0.2, 0.25) is 0 Å². The molecule has 0 saturated heterocycles. The monoisotopic (exact) mass is 330 g/mol. The molecule has 4 nitrogen and oxygen atoms in total. The van der Waals surface area contributed by atoms with Crippen molar-refractivity contribution in [2.75, 3.05) is 14.2 Å². The topological polar surface area (TPSA) is 51.5 Å². The third kappa shape index (κ3) is 2.76. The Morgan fingerprint density at radius 3 is 2.62 bits per heavy atom. The molecule has 3 aromatic rings. The summed E-state index contributed by atoms with van der Waals surface area (Å²) in [6, 6.07) is 9.55. The van der Waals surface area contributed by atoms with Gasteiger partial charge in [0.25, 0.3) is 5.91 Å². The largest absolute Gasteiger partial charge is 0.455 e. The van der Waals surface area contributed by atoms with Crippen molar-refractivity contribution in [1.82, 2.24) is 5.32 Å². The van der Waals surface area contributed by atoms with E-state index in [-0.39, 0.29) is 28.9 Å². The van der Waals surface area contributed by atoms with Crippen molar-refractivity contribution < 1.29 is 22.7 Å². The number of carbonyl (C=O) groups is 1. The zero-order chi connectivity index (χ0) is 17.3. The van der Waals surface area contributed by atoms with Crippen LogP contribution in [0, 0.1) is 17.7 Å². The maximum Gasteiger partial charge on any atom is 0.255 e. The summed E-state index contributed by atoms with van der Waals surface area (Å²) >= 11 is 0. The first kappa shape index (κ1) is 16.1. The molecule has 0 bridgehead atoms. The quantitative estimate of drug-likeness (QED) is 0.794. The zero-order valence-electron chi connectivity index (χ0n) is 13.1. The molecule has 0 aliphatic rings. The average molecular weight is 330 g/mol. The van der Waals surface area contributed by atoms with Crippen LogP contribution < -0.4 is 5.32 Å². The van der Waals surface area contributed by atoms with Gasteiger partial charge in [-0.1, -0.05) is 0 Å². The molecule has 1 amide bonds. The van der Waals surface area contributed by atoms with Crippen LogP contribution in [0.4, 0.5) is 8.78 Å². The number of fused-ring (bicyclic) bond motifs is 1. The Kier molecular flexibility index (Phi) is 4.31. The van der Waals surface area contributed by atoms with Crippen molar-refractivity contribution in [1.29, 1.82) is 0 Å². The summed E-state index contributed by atoms with van der Waals surface area (Å²) in [5, 5.41) is 2.51. The molecule has 0 spiro atoms. The van der Waals surface area contributed by atoms with Crippen LogP contribution in [0.1, 0.15) is 15.9 Å². The molecular formula is C18H14F2NO3. The third-order valence-electron chi connectivity index (χ3n) is 3.59. The van der Waals surface area contributed by atoms with Crippen LogP contribution in [0.15, 0.2) is 34.7 Å². The Morgan fingerprint density at radius 2 is 2.00 bits per heavy atom. The molecule has 0 aliphatic heterocycles. The van der Waals surface area contributed by atoms with Gasteiger partial charge in [0.15, 0.2) is 0 Å². The van der Waals surface area contributed by atoms with Gasteiger partial charge in [-0.3, -0.25) is 4.79 Å². The van der Waals surface area contributed by atoms with Crippen LogP contribution in [-0.2, 0) is 11.3 Å². The summed E-state index contributed by atoms with van der Waals surface area (Å²) in [7, 11) is 2.93. The lowest BCUT2D eigenvalue weighted by Crippen LogP contribution is -2.18. The molecule has 6 heteroatoms. The number of ether oxygens (including phenoxy) is 1. The molecule has 1 heterocycles. The highest BCUT2D eigenvalue weighted by Gasteiger charge is 2.24. The molecule has 0 saturated carbocycles. The second-order valence-corrected chi connectivity index (χ2v) is 5.17. The molecule has 0 atom stereocenters. The van der Waals surface area contributed by atoms with E-state index in [0.717, 1.165) is 0 Å². The zero-order valence-corrected chi connectivity index (χ0v) is 13.1. The maximum atomic E-state index is 14.5. The summed E-state index contributed by atoms with van der Waals surface area (Å²) in [5.74, 6) is -1.44. The second-order valence-electron chi connectivity index (χ2n) is 5.17. The minimum absolute atomic E-state index is 0.0357. The van der Waals surface area contributed by atoms with Gasteiger partial charge in [0.2, 0.25) is 0 Å². The predicted octanol–water partition coefficient (Wildman–Crippen LogP) is 3.68. The van der Waals surface area contributed by atoms with Gasteiger partial charge >= 0.3 is 0 Å². The lowest BCUT2D eigenvalue weighted by Gasteiger charge is -2.03. The first-order chi connectivity index (χ1) is 11.5. The molecule has 1 aromatic heterocycles. The number of hydrogen-bond donors (Lipinski definition) is 1. The van der Waals surface area contributed by atoms with E-state index in [1.165, 1.54) is 38.4 Å². The Labute approximate surface area is 137 Å². The molecule has 0 aliphatic carbocycles. The van der Waals surface area contributed by atoms with Crippen molar-refractivity contribution in [2.45, 2.75) is 6.61 Å². The first-order valence-corrected chi connectivity index (χ1v) is 7.19. The van der Waals surface area contributed by atoms with Crippen molar-refractivity contribution in [3.8, 4) is 11.3 Å². The fourth-order valence-electron chi connectivity index (χ4n) is 2.55. The molecule has 2 aromatic carbocycles. The van der Waals surface area contributed by atoms with Gasteiger partial charge in [0, 0.05) is 25.8 Å². The SMILES string of the molecule is CNC(=O)c1c(-c2ccc(F)cc2)oc2cc(COC)[c]c(F)c12. The van der Waals surface area contributed by atoms with E-state index in [2.05, 4.69) is 11.4 Å². The molecule has 1 N–H and O–H groups in total. The van der Waals surface area contributed by atoms with E-state index < -0.39 is 17.5 Å². The molecule has 1 radical (unpaired) electrons. The summed E-state index contributed by atoms with van der Waals surface area (Å²) in [6.45, 7) is 0.161. The Bertz CT molecular complexity index is 901. The number of benzene rings is 2. The van der Waals surface area contributed by atoms with Crippen molar-refractivity contribution >= 4 is 16.9 Å². The number of rotatable bonds is 4. The Morgan fingerprint density at radius 1 is 1.29 bits per heavy atom. The van der Waals surface area contributed by atoms with Crippen LogP contribution in [-0.4, -0.2) is 20.1 Å². The highest BCUT2D eigenvalue weighted by Crippen LogP contribution is 2.35.